The van der Waals surface area contributed by atoms with Gasteiger partial charge < -0.3 is 10.6 Å². The van der Waals surface area contributed by atoms with Gasteiger partial charge in [0, 0.05) is 29.5 Å². The van der Waals surface area contributed by atoms with Gasteiger partial charge in [0.1, 0.15) is 11.6 Å². The van der Waals surface area contributed by atoms with Crippen molar-refractivity contribution in [3.8, 4) is 0 Å². The summed E-state index contributed by atoms with van der Waals surface area (Å²) in [6, 6.07) is 8.30. The Morgan fingerprint density at radius 1 is 1.10 bits per heavy atom. The van der Waals surface area contributed by atoms with Crippen LogP contribution in [-0.2, 0) is 6.42 Å². The SMILES string of the molecule is O=C(Nc1cc(F)cc(F)c1)c1ccc2c(c1)CCCN2. The lowest BCUT2D eigenvalue weighted by molar-refractivity contribution is 0.102. The average Bonchev–Trinajstić information content (AvgIpc) is 2.45. The van der Waals surface area contributed by atoms with E-state index >= 15 is 0 Å². The fraction of sp³-hybridized carbons (Fsp3) is 0.188. The van der Waals surface area contributed by atoms with Crippen LogP contribution >= 0.6 is 0 Å². The lowest BCUT2D eigenvalue weighted by Gasteiger charge is -2.18. The molecule has 1 aliphatic heterocycles. The third-order valence-electron chi connectivity index (χ3n) is 3.43. The van der Waals surface area contributed by atoms with E-state index in [4.69, 9.17) is 0 Å². The number of carbonyl (C=O) groups excluding carboxylic acids is 1. The quantitative estimate of drug-likeness (QED) is 0.887. The molecule has 3 rings (SSSR count). The highest BCUT2D eigenvalue weighted by Crippen LogP contribution is 2.23. The van der Waals surface area contributed by atoms with Crippen LogP contribution in [0, 0.1) is 11.6 Å². The van der Waals surface area contributed by atoms with E-state index in [2.05, 4.69) is 10.6 Å². The molecule has 0 saturated carbocycles. The highest BCUT2D eigenvalue weighted by molar-refractivity contribution is 6.04. The molecule has 0 aliphatic carbocycles. The smallest absolute Gasteiger partial charge is 0.255 e. The number of anilines is 2. The fourth-order valence-corrected chi connectivity index (χ4v) is 2.45. The Kier molecular flexibility index (Phi) is 3.56. The molecule has 0 radical (unpaired) electrons. The van der Waals surface area contributed by atoms with E-state index in [1.165, 1.54) is 0 Å². The first-order chi connectivity index (χ1) is 10.1. The van der Waals surface area contributed by atoms with Gasteiger partial charge in [0.15, 0.2) is 0 Å². The molecule has 0 spiro atoms. The molecular weight excluding hydrogens is 274 g/mol. The molecular formula is C16H14F2N2O. The number of halogens is 2. The first-order valence-corrected chi connectivity index (χ1v) is 6.76. The molecule has 21 heavy (non-hydrogen) atoms. The van der Waals surface area contributed by atoms with E-state index in [1.54, 1.807) is 6.07 Å². The molecule has 0 atom stereocenters. The van der Waals surface area contributed by atoms with Crippen LogP contribution in [0.15, 0.2) is 36.4 Å². The first-order valence-electron chi connectivity index (χ1n) is 6.76. The highest BCUT2D eigenvalue weighted by Gasteiger charge is 2.13. The summed E-state index contributed by atoms with van der Waals surface area (Å²) in [4.78, 5) is 12.1. The van der Waals surface area contributed by atoms with Gasteiger partial charge in [-0.05, 0) is 48.7 Å². The summed E-state index contributed by atoms with van der Waals surface area (Å²) in [5, 5.41) is 5.77. The van der Waals surface area contributed by atoms with Gasteiger partial charge in [-0.25, -0.2) is 8.78 Å². The van der Waals surface area contributed by atoms with Crippen LogP contribution in [0.3, 0.4) is 0 Å². The molecule has 2 N–H and O–H groups in total. The van der Waals surface area contributed by atoms with Crippen molar-refractivity contribution in [2.45, 2.75) is 12.8 Å². The number of aryl methyl sites for hydroxylation is 1. The fourth-order valence-electron chi connectivity index (χ4n) is 2.45. The van der Waals surface area contributed by atoms with Gasteiger partial charge in [-0.2, -0.15) is 0 Å². The molecule has 0 aromatic heterocycles. The monoisotopic (exact) mass is 288 g/mol. The zero-order valence-corrected chi connectivity index (χ0v) is 11.2. The maximum atomic E-state index is 13.1. The minimum Gasteiger partial charge on any atom is -0.385 e. The lowest BCUT2D eigenvalue weighted by Crippen LogP contribution is -2.15. The Labute approximate surface area is 121 Å². The van der Waals surface area contributed by atoms with Gasteiger partial charge in [-0.15, -0.1) is 0 Å². The second kappa shape index (κ2) is 5.52. The second-order valence-corrected chi connectivity index (χ2v) is 5.01. The minimum absolute atomic E-state index is 0.105. The van der Waals surface area contributed by atoms with E-state index in [0.717, 1.165) is 48.8 Å². The summed E-state index contributed by atoms with van der Waals surface area (Å²) >= 11 is 0. The standard InChI is InChI=1S/C16H14F2N2O/c17-12-7-13(18)9-14(8-12)20-16(21)11-3-4-15-10(6-11)2-1-5-19-15/h3-4,6-9,19H,1-2,5H2,(H,20,21). The summed E-state index contributed by atoms with van der Waals surface area (Å²) in [6.07, 6.45) is 1.94. The van der Waals surface area contributed by atoms with Crippen molar-refractivity contribution in [3.63, 3.8) is 0 Å². The van der Waals surface area contributed by atoms with Gasteiger partial charge in [-0.1, -0.05) is 0 Å². The van der Waals surface area contributed by atoms with Crippen LogP contribution in [0.2, 0.25) is 0 Å². The van der Waals surface area contributed by atoms with E-state index in [-0.39, 0.29) is 11.6 Å². The molecule has 1 aliphatic rings. The summed E-state index contributed by atoms with van der Waals surface area (Å²) in [5.41, 5.74) is 2.70. The molecule has 0 unspecified atom stereocenters. The Hall–Kier alpha value is -2.43. The third-order valence-corrected chi connectivity index (χ3v) is 3.43. The molecule has 0 fully saturated rings. The van der Waals surface area contributed by atoms with Crippen molar-refractivity contribution in [3.05, 3.63) is 59.2 Å². The predicted molar refractivity (Wildman–Crippen MR) is 77.6 cm³/mol. The van der Waals surface area contributed by atoms with Gasteiger partial charge in [0.05, 0.1) is 0 Å². The number of carbonyl (C=O) groups is 1. The maximum absolute atomic E-state index is 13.1. The number of benzene rings is 2. The summed E-state index contributed by atoms with van der Waals surface area (Å²) in [7, 11) is 0. The molecule has 2 aromatic carbocycles. The zero-order chi connectivity index (χ0) is 14.8. The van der Waals surface area contributed by atoms with E-state index in [9.17, 15) is 13.6 Å². The minimum atomic E-state index is -0.722. The van der Waals surface area contributed by atoms with Crippen LogP contribution < -0.4 is 10.6 Å². The average molecular weight is 288 g/mol. The Morgan fingerprint density at radius 2 is 1.86 bits per heavy atom. The maximum Gasteiger partial charge on any atom is 0.255 e. The van der Waals surface area contributed by atoms with Gasteiger partial charge >= 0.3 is 0 Å². The number of hydrogen-bond donors (Lipinski definition) is 2. The van der Waals surface area contributed by atoms with Crippen LogP contribution in [0.4, 0.5) is 20.2 Å². The molecule has 2 aromatic rings. The highest BCUT2D eigenvalue weighted by atomic mass is 19.1. The molecule has 0 saturated heterocycles. The summed E-state index contributed by atoms with van der Waals surface area (Å²) < 4.78 is 26.2. The lowest BCUT2D eigenvalue weighted by atomic mass is 10.0. The van der Waals surface area contributed by atoms with Gasteiger partial charge in [-0.3, -0.25) is 4.79 Å². The Bertz CT molecular complexity index is 680. The van der Waals surface area contributed by atoms with Crippen molar-refractivity contribution in [2.24, 2.45) is 0 Å². The van der Waals surface area contributed by atoms with E-state index in [0.29, 0.717) is 5.56 Å². The van der Waals surface area contributed by atoms with Crippen LogP contribution in [0.25, 0.3) is 0 Å². The number of rotatable bonds is 2. The van der Waals surface area contributed by atoms with Crippen molar-refractivity contribution in [2.75, 3.05) is 17.2 Å². The number of nitrogens with one attached hydrogen (secondary N) is 2. The van der Waals surface area contributed by atoms with E-state index < -0.39 is 11.6 Å². The van der Waals surface area contributed by atoms with Crippen molar-refractivity contribution >= 4 is 17.3 Å². The summed E-state index contributed by atoms with van der Waals surface area (Å²) in [6.45, 7) is 0.932. The largest absolute Gasteiger partial charge is 0.385 e. The third kappa shape index (κ3) is 3.02. The van der Waals surface area contributed by atoms with E-state index in [1.807, 2.05) is 12.1 Å². The predicted octanol–water partition coefficient (Wildman–Crippen LogP) is 3.58. The topological polar surface area (TPSA) is 41.1 Å². The molecule has 0 bridgehead atoms. The molecule has 1 heterocycles. The second-order valence-electron chi connectivity index (χ2n) is 5.01. The Balaban J connectivity index is 1.82. The normalized spacial score (nSPS) is 13.2. The molecule has 3 nitrogen and oxygen atoms in total. The first kappa shape index (κ1) is 13.5. The number of fused-ring (bicyclic) bond motifs is 1. The number of hydrogen-bond acceptors (Lipinski definition) is 2. The summed E-state index contributed by atoms with van der Waals surface area (Å²) in [5.74, 6) is -1.83. The van der Waals surface area contributed by atoms with Crippen molar-refractivity contribution < 1.29 is 13.6 Å². The molecule has 1 amide bonds. The van der Waals surface area contributed by atoms with Crippen LogP contribution in [-0.4, -0.2) is 12.5 Å². The molecule has 5 heteroatoms. The van der Waals surface area contributed by atoms with Crippen LogP contribution in [0.5, 0.6) is 0 Å². The van der Waals surface area contributed by atoms with Crippen LogP contribution in [0.1, 0.15) is 22.3 Å². The van der Waals surface area contributed by atoms with Gasteiger partial charge in [0.25, 0.3) is 5.91 Å². The van der Waals surface area contributed by atoms with Crippen molar-refractivity contribution in [1.82, 2.24) is 0 Å². The Morgan fingerprint density at radius 3 is 2.62 bits per heavy atom. The van der Waals surface area contributed by atoms with Crippen molar-refractivity contribution in [1.29, 1.82) is 0 Å². The zero-order valence-electron chi connectivity index (χ0n) is 11.2. The van der Waals surface area contributed by atoms with Gasteiger partial charge in [0.2, 0.25) is 0 Å². The molecule has 108 valence electrons. The number of amides is 1.